The summed E-state index contributed by atoms with van der Waals surface area (Å²) in [5.41, 5.74) is 1.21. The second kappa shape index (κ2) is 5.52. The predicted octanol–water partition coefficient (Wildman–Crippen LogP) is 4.07. The molecule has 0 amide bonds. The lowest BCUT2D eigenvalue weighted by Gasteiger charge is -2.16. The molecule has 3 atom stereocenters. The smallest absolute Gasteiger partial charge is 0.0551 e. The molecule has 1 fully saturated rings. The van der Waals surface area contributed by atoms with Gasteiger partial charge in [-0.05, 0) is 37.3 Å². The minimum atomic E-state index is 0.399. The van der Waals surface area contributed by atoms with Crippen LogP contribution >= 0.6 is 27.5 Å². The van der Waals surface area contributed by atoms with E-state index in [1.807, 2.05) is 18.2 Å². The van der Waals surface area contributed by atoms with Gasteiger partial charge in [-0.25, -0.2) is 0 Å². The molecule has 0 bridgehead atoms. The number of halogens is 2. The van der Waals surface area contributed by atoms with E-state index < -0.39 is 0 Å². The number of hydrogen-bond acceptors (Lipinski definition) is 1. The Hall–Kier alpha value is -0.0500. The quantitative estimate of drug-likeness (QED) is 0.765. The van der Waals surface area contributed by atoms with Crippen LogP contribution in [0.1, 0.15) is 18.9 Å². The van der Waals surface area contributed by atoms with E-state index in [2.05, 4.69) is 28.9 Å². The Balaban J connectivity index is 1.97. The average molecular weight is 304 g/mol. The summed E-state index contributed by atoms with van der Waals surface area (Å²) >= 11 is 9.92. The van der Waals surface area contributed by atoms with Crippen molar-refractivity contribution in [2.45, 2.75) is 30.7 Å². The van der Waals surface area contributed by atoms with Crippen molar-refractivity contribution in [3.63, 3.8) is 0 Å². The third kappa shape index (κ3) is 2.99. The first-order chi connectivity index (χ1) is 7.66. The molecule has 3 unspecified atom stereocenters. The number of benzene rings is 1. The van der Waals surface area contributed by atoms with Crippen LogP contribution in [0.3, 0.4) is 0 Å². The van der Waals surface area contributed by atoms with Gasteiger partial charge in [-0.2, -0.15) is 0 Å². The maximum absolute atomic E-state index is 6.15. The molecule has 2 rings (SSSR count). The van der Waals surface area contributed by atoms with E-state index in [0.29, 0.717) is 16.8 Å². The number of hydrogen-bond donors (Lipinski definition) is 0. The molecule has 1 aromatic carbocycles. The molecule has 0 aliphatic carbocycles. The second-order valence-corrected chi connectivity index (χ2v) is 6.03. The van der Waals surface area contributed by atoms with Gasteiger partial charge in [0, 0.05) is 9.85 Å². The molecule has 3 heteroatoms. The van der Waals surface area contributed by atoms with Crippen LogP contribution in [0.4, 0.5) is 0 Å². The zero-order valence-electron chi connectivity index (χ0n) is 9.33. The lowest BCUT2D eigenvalue weighted by molar-refractivity contribution is 0.120. The van der Waals surface area contributed by atoms with E-state index in [0.717, 1.165) is 24.5 Å². The second-order valence-electron chi connectivity index (χ2n) is 4.45. The van der Waals surface area contributed by atoms with Crippen molar-refractivity contribution in [2.75, 3.05) is 6.61 Å². The lowest BCUT2D eigenvalue weighted by atomic mass is 9.97. The normalized spacial score (nSPS) is 26.9. The van der Waals surface area contributed by atoms with Crippen LogP contribution < -0.4 is 0 Å². The van der Waals surface area contributed by atoms with Crippen molar-refractivity contribution in [1.29, 1.82) is 0 Å². The summed E-state index contributed by atoms with van der Waals surface area (Å²) in [5.74, 6) is 0.603. The van der Waals surface area contributed by atoms with Crippen molar-refractivity contribution >= 4 is 27.5 Å². The summed E-state index contributed by atoms with van der Waals surface area (Å²) in [4.78, 5) is 0.456. The molecular formula is C13H16BrClO. The van der Waals surface area contributed by atoms with E-state index in [4.69, 9.17) is 16.3 Å². The number of ether oxygens (including phenoxy) is 1. The Bertz CT molecular complexity index is 356. The van der Waals surface area contributed by atoms with Gasteiger partial charge in [0.1, 0.15) is 0 Å². The highest BCUT2D eigenvalue weighted by molar-refractivity contribution is 9.09. The van der Waals surface area contributed by atoms with Gasteiger partial charge in [-0.3, -0.25) is 0 Å². The van der Waals surface area contributed by atoms with E-state index >= 15 is 0 Å². The fourth-order valence-electron chi connectivity index (χ4n) is 2.14. The van der Waals surface area contributed by atoms with Crippen LogP contribution in [-0.2, 0) is 11.2 Å². The van der Waals surface area contributed by atoms with Gasteiger partial charge in [0.15, 0.2) is 0 Å². The van der Waals surface area contributed by atoms with E-state index in [1.165, 1.54) is 5.56 Å². The molecule has 0 aromatic heterocycles. The Morgan fingerprint density at radius 3 is 2.88 bits per heavy atom. The van der Waals surface area contributed by atoms with Crippen molar-refractivity contribution < 1.29 is 4.74 Å². The molecule has 1 heterocycles. The molecular weight excluding hydrogens is 287 g/mol. The van der Waals surface area contributed by atoms with Crippen LogP contribution in [0.2, 0.25) is 5.02 Å². The van der Waals surface area contributed by atoms with Crippen LogP contribution in [0.25, 0.3) is 0 Å². The summed E-state index contributed by atoms with van der Waals surface area (Å²) in [6.07, 6.45) is 2.51. The Morgan fingerprint density at radius 1 is 1.50 bits per heavy atom. The summed E-state index contributed by atoms with van der Waals surface area (Å²) in [6, 6.07) is 8.05. The first kappa shape index (κ1) is 12.4. The number of alkyl halides is 1. The molecule has 1 nitrogen and oxygen atoms in total. The molecule has 1 aliphatic rings. The fraction of sp³-hybridized carbons (Fsp3) is 0.538. The Labute approximate surface area is 110 Å². The molecule has 1 aliphatic heterocycles. The fourth-order valence-corrected chi connectivity index (χ4v) is 3.07. The lowest BCUT2D eigenvalue weighted by Crippen LogP contribution is -2.17. The molecule has 0 N–H and O–H groups in total. The maximum Gasteiger partial charge on any atom is 0.0551 e. The molecule has 0 radical (unpaired) electrons. The molecule has 16 heavy (non-hydrogen) atoms. The van der Waals surface area contributed by atoms with Crippen LogP contribution in [-0.4, -0.2) is 17.5 Å². The zero-order chi connectivity index (χ0) is 11.5. The third-order valence-corrected chi connectivity index (χ3v) is 4.55. The highest BCUT2D eigenvalue weighted by atomic mass is 79.9. The monoisotopic (exact) mass is 302 g/mol. The highest BCUT2D eigenvalue weighted by Gasteiger charge is 2.28. The SMILES string of the molecule is CC1CC(C(Br)Cc2ccccc2Cl)CO1. The van der Waals surface area contributed by atoms with E-state index in [-0.39, 0.29) is 0 Å². The van der Waals surface area contributed by atoms with Crippen molar-refractivity contribution in [3.8, 4) is 0 Å². The summed E-state index contributed by atoms with van der Waals surface area (Å²) in [6.45, 7) is 3.00. The largest absolute Gasteiger partial charge is 0.378 e. The van der Waals surface area contributed by atoms with Gasteiger partial charge in [-0.15, -0.1) is 0 Å². The molecule has 0 spiro atoms. The van der Waals surface area contributed by atoms with Crippen molar-refractivity contribution in [3.05, 3.63) is 34.9 Å². The maximum atomic E-state index is 6.15. The minimum absolute atomic E-state index is 0.399. The summed E-state index contributed by atoms with van der Waals surface area (Å²) in [7, 11) is 0. The van der Waals surface area contributed by atoms with Gasteiger partial charge < -0.3 is 4.74 Å². The Morgan fingerprint density at radius 2 is 2.25 bits per heavy atom. The summed E-state index contributed by atoms with van der Waals surface area (Å²) < 4.78 is 5.59. The standard InChI is InChI=1S/C13H16BrClO/c1-9-6-11(8-16-9)12(14)7-10-4-2-3-5-13(10)15/h2-5,9,11-12H,6-8H2,1H3. The van der Waals surface area contributed by atoms with Gasteiger partial charge >= 0.3 is 0 Å². The first-order valence-electron chi connectivity index (χ1n) is 5.66. The molecule has 0 saturated carbocycles. The number of rotatable bonds is 3. The van der Waals surface area contributed by atoms with E-state index in [1.54, 1.807) is 0 Å². The third-order valence-electron chi connectivity index (χ3n) is 3.11. The minimum Gasteiger partial charge on any atom is -0.378 e. The molecule has 88 valence electrons. The van der Waals surface area contributed by atoms with Crippen LogP contribution in [0, 0.1) is 5.92 Å². The highest BCUT2D eigenvalue weighted by Crippen LogP contribution is 2.30. The molecule has 1 saturated heterocycles. The van der Waals surface area contributed by atoms with Crippen molar-refractivity contribution in [2.24, 2.45) is 5.92 Å². The molecule has 1 aromatic rings. The van der Waals surface area contributed by atoms with Gasteiger partial charge in [0.25, 0.3) is 0 Å². The topological polar surface area (TPSA) is 9.23 Å². The van der Waals surface area contributed by atoms with Crippen molar-refractivity contribution in [1.82, 2.24) is 0 Å². The predicted molar refractivity (Wildman–Crippen MR) is 71.4 cm³/mol. The van der Waals surface area contributed by atoms with E-state index in [9.17, 15) is 0 Å². The van der Waals surface area contributed by atoms with Crippen LogP contribution in [0.5, 0.6) is 0 Å². The summed E-state index contributed by atoms with van der Waals surface area (Å²) in [5, 5.41) is 0.860. The zero-order valence-corrected chi connectivity index (χ0v) is 11.7. The van der Waals surface area contributed by atoms with Gasteiger partial charge in [0.2, 0.25) is 0 Å². The first-order valence-corrected chi connectivity index (χ1v) is 6.95. The Kier molecular flexibility index (Phi) is 4.28. The van der Waals surface area contributed by atoms with Gasteiger partial charge in [0.05, 0.1) is 12.7 Å². The van der Waals surface area contributed by atoms with Crippen LogP contribution in [0.15, 0.2) is 24.3 Å². The average Bonchev–Trinajstić information content (AvgIpc) is 2.68. The van der Waals surface area contributed by atoms with Gasteiger partial charge in [-0.1, -0.05) is 45.7 Å².